The molecule has 17 heavy (non-hydrogen) atoms. The Labute approximate surface area is 103 Å². The lowest BCUT2D eigenvalue weighted by atomic mass is 10.2. The van der Waals surface area contributed by atoms with E-state index in [4.69, 9.17) is 9.47 Å². The SMILES string of the molecule is C=C(C)COc1c(CNC)cccc1OCC. The summed E-state index contributed by atoms with van der Waals surface area (Å²) in [6.07, 6.45) is 0. The van der Waals surface area contributed by atoms with Gasteiger partial charge in [0.25, 0.3) is 0 Å². The molecule has 0 unspecified atom stereocenters. The van der Waals surface area contributed by atoms with Crippen molar-refractivity contribution in [2.45, 2.75) is 20.4 Å². The van der Waals surface area contributed by atoms with Gasteiger partial charge < -0.3 is 14.8 Å². The second kappa shape index (κ2) is 6.97. The van der Waals surface area contributed by atoms with Crippen LogP contribution >= 0.6 is 0 Å². The first-order chi connectivity index (χ1) is 8.19. The number of benzene rings is 1. The van der Waals surface area contributed by atoms with Crippen LogP contribution in [0.5, 0.6) is 11.5 Å². The van der Waals surface area contributed by atoms with Crippen LogP contribution < -0.4 is 14.8 Å². The van der Waals surface area contributed by atoms with Gasteiger partial charge >= 0.3 is 0 Å². The van der Waals surface area contributed by atoms with Crippen LogP contribution in [0.3, 0.4) is 0 Å². The molecule has 1 aromatic rings. The Morgan fingerprint density at radius 3 is 2.71 bits per heavy atom. The highest BCUT2D eigenvalue weighted by atomic mass is 16.5. The largest absolute Gasteiger partial charge is 0.490 e. The monoisotopic (exact) mass is 235 g/mol. The molecule has 0 radical (unpaired) electrons. The van der Waals surface area contributed by atoms with Crippen LogP contribution in [-0.2, 0) is 6.54 Å². The van der Waals surface area contributed by atoms with Crippen LogP contribution in [0.1, 0.15) is 19.4 Å². The van der Waals surface area contributed by atoms with Gasteiger partial charge in [-0.15, -0.1) is 0 Å². The molecule has 1 rings (SSSR count). The maximum atomic E-state index is 5.77. The molecule has 0 aliphatic rings. The van der Waals surface area contributed by atoms with E-state index in [1.165, 1.54) is 0 Å². The molecular weight excluding hydrogens is 214 g/mol. The highest BCUT2D eigenvalue weighted by molar-refractivity contribution is 5.46. The van der Waals surface area contributed by atoms with Gasteiger partial charge in [0.15, 0.2) is 11.5 Å². The first-order valence-corrected chi connectivity index (χ1v) is 5.85. The van der Waals surface area contributed by atoms with Crippen molar-refractivity contribution in [1.29, 1.82) is 0 Å². The van der Waals surface area contributed by atoms with Gasteiger partial charge in [-0.2, -0.15) is 0 Å². The van der Waals surface area contributed by atoms with Gasteiger partial charge in [-0.3, -0.25) is 0 Å². The van der Waals surface area contributed by atoms with Crippen molar-refractivity contribution in [3.63, 3.8) is 0 Å². The second-order valence-corrected chi connectivity index (χ2v) is 3.95. The molecule has 0 aliphatic heterocycles. The zero-order valence-electron chi connectivity index (χ0n) is 10.9. The van der Waals surface area contributed by atoms with E-state index in [-0.39, 0.29) is 0 Å². The summed E-state index contributed by atoms with van der Waals surface area (Å²) in [5.41, 5.74) is 2.09. The molecule has 0 atom stereocenters. The van der Waals surface area contributed by atoms with Gasteiger partial charge in [-0.1, -0.05) is 18.7 Å². The normalized spacial score (nSPS) is 10.1. The third kappa shape index (κ3) is 4.11. The highest BCUT2D eigenvalue weighted by Gasteiger charge is 2.10. The van der Waals surface area contributed by atoms with E-state index in [0.29, 0.717) is 13.2 Å². The maximum Gasteiger partial charge on any atom is 0.166 e. The number of para-hydroxylation sites is 1. The Bertz CT molecular complexity index is 350. The molecule has 0 amide bonds. The number of nitrogens with one attached hydrogen (secondary N) is 1. The molecular formula is C14H21NO2. The fourth-order valence-electron chi connectivity index (χ4n) is 1.52. The number of ether oxygens (including phenoxy) is 2. The molecule has 0 saturated carbocycles. The van der Waals surface area contributed by atoms with Crippen molar-refractivity contribution in [3.05, 3.63) is 35.9 Å². The van der Waals surface area contributed by atoms with E-state index in [0.717, 1.165) is 29.2 Å². The average Bonchev–Trinajstić information content (AvgIpc) is 2.29. The number of rotatable bonds is 7. The Morgan fingerprint density at radius 2 is 2.12 bits per heavy atom. The summed E-state index contributed by atoms with van der Waals surface area (Å²) in [4.78, 5) is 0. The van der Waals surface area contributed by atoms with Crippen molar-refractivity contribution in [2.75, 3.05) is 20.3 Å². The number of hydrogen-bond donors (Lipinski definition) is 1. The quantitative estimate of drug-likeness (QED) is 0.737. The molecule has 1 N–H and O–H groups in total. The lowest BCUT2D eigenvalue weighted by molar-refractivity contribution is 0.290. The molecule has 0 bridgehead atoms. The van der Waals surface area contributed by atoms with Crippen molar-refractivity contribution in [1.82, 2.24) is 5.32 Å². The Morgan fingerprint density at radius 1 is 1.35 bits per heavy atom. The molecule has 3 nitrogen and oxygen atoms in total. The predicted molar refractivity (Wildman–Crippen MR) is 70.7 cm³/mol. The fourth-order valence-corrected chi connectivity index (χ4v) is 1.52. The minimum Gasteiger partial charge on any atom is -0.490 e. The summed E-state index contributed by atoms with van der Waals surface area (Å²) in [7, 11) is 1.91. The second-order valence-electron chi connectivity index (χ2n) is 3.95. The summed E-state index contributed by atoms with van der Waals surface area (Å²) in [6.45, 7) is 9.65. The molecule has 0 spiro atoms. The molecule has 0 aromatic heterocycles. The van der Waals surface area contributed by atoms with E-state index < -0.39 is 0 Å². The molecule has 3 heteroatoms. The zero-order valence-corrected chi connectivity index (χ0v) is 10.9. The standard InChI is InChI=1S/C14H21NO2/c1-5-16-13-8-6-7-12(9-15-4)14(13)17-10-11(2)3/h6-8,15H,2,5,9-10H2,1,3-4H3. The summed E-state index contributed by atoms with van der Waals surface area (Å²) in [5, 5.41) is 3.12. The summed E-state index contributed by atoms with van der Waals surface area (Å²) >= 11 is 0. The lowest BCUT2D eigenvalue weighted by Gasteiger charge is -2.15. The predicted octanol–water partition coefficient (Wildman–Crippen LogP) is 2.76. The summed E-state index contributed by atoms with van der Waals surface area (Å²) in [5.74, 6) is 1.60. The van der Waals surface area contributed by atoms with Gasteiger partial charge in [0, 0.05) is 12.1 Å². The van der Waals surface area contributed by atoms with Crippen LogP contribution in [0, 0.1) is 0 Å². The molecule has 0 saturated heterocycles. The summed E-state index contributed by atoms with van der Waals surface area (Å²) < 4.78 is 11.3. The maximum absolute atomic E-state index is 5.77. The third-order valence-corrected chi connectivity index (χ3v) is 2.19. The van der Waals surface area contributed by atoms with Crippen LogP contribution in [0.25, 0.3) is 0 Å². The molecule has 1 aromatic carbocycles. The topological polar surface area (TPSA) is 30.5 Å². The van der Waals surface area contributed by atoms with Crippen LogP contribution in [0.4, 0.5) is 0 Å². The Balaban J connectivity index is 2.95. The smallest absolute Gasteiger partial charge is 0.166 e. The minimum absolute atomic E-state index is 0.515. The van der Waals surface area contributed by atoms with E-state index in [2.05, 4.69) is 11.9 Å². The van der Waals surface area contributed by atoms with E-state index in [9.17, 15) is 0 Å². The van der Waals surface area contributed by atoms with Gasteiger partial charge in [-0.05, 0) is 32.5 Å². The Kier molecular flexibility index (Phi) is 5.57. The van der Waals surface area contributed by atoms with E-state index >= 15 is 0 Å². The van der Waals surface area contributed by atoms with Gasteiger partial charge in [-0.25, -0.2) is 0 Å². The first-order valence-electron chi connectivity index (χ1n) is 5.85. The van der Waals surface area contributed by atoms with Gasteiger partial charge in [0.1, 0.15) is 6.61 Å². The van der Waals surface area contributed by atoms with Crippen molar-refractivity contribution in [2.24, 2.45) is 0 Å². The fraction of sp³-hybridized carbons (Fsp3) is 0.429. The molecule has 94 valence electrons. The lowest BCUT2D eigenvalue weighted by Crippen LogP contribution is -2.09. The van der Waals surface area contributed by atoms with Gasteiger partial charge in [0.2, 0.25) is 0 Å². The van der Waals surface area contributed by atoms with Crippen molar-refractivity contribution in [3.8, 4) is 11.5 Å². The molecule has 0 aliphatic carbocycles. The van der Waals surface area contributed by atoms with Crippen LogP contribution in [0.15, 0.2) is 30.4 Å². The first kappa shape index (κ1) is 13.6. The minimum atomic E-state index is 0.515. The van der Waals surface area contributed by atoms with Crippen molar-refractivity contribution >= 4 is 0 Å². The van der Waals surface area contributed by atoms with Crippen LogP contribution in [-0.4, -0.2) is 20.3 Å². The zero-order chi connectivity index (χ0) is 12.7. The van der Waals surface area contributed by atoms with Crippen molar-refractivity contribution < 1.29 is 9.47 Å². The number of hydrogen-bond acceptors (Lipinski definition) is 3. The third-order valence-electron chi connectivity index (χ3n) is 2.19. The Hall–Kier alpha value is -1.48. The van der Waals surface area contributed by atoms with E-state index in [1.54, 1.807) is 0 Å². The highest BCUT2D eigenvalue weighted by Crippen LogP contribution is 2.31. The van der Waals surface area contributed by atoms with E-state index in [1.807, 2.05) is 39.1 Å². The molecule has 0 fully saturated rings. The molecule has 0 heterocycles. The summed E-state index contributed by atoms with van der Waals surface area (Å²) in [6, 6.07) is 5.94. The van der Waals surface area contributed by atoms with Gasteiger partial charge in [0.05, 0.1) is 6.61 Å². The van der Waals surface area contributed by atoms with Crippen LogP contribution in [0.2, 0.25) is 0 Å². The average molecular weight is 235 g/mol.